The van der Waals surface area contributed by atoms with E-state index in [2.05, 4.69) is 4.98 Å². The van der Waals surface area contributed by atoms with Crippen molar-refractivity contribution in [2.75, 3.05) is 0 Å². The molecular formula is C24H25NO2. The molecular weight excluding hydrogens is 334 g/mol. The first-order valence-corrected chi connectivity index (χ1v) is 9.97. The van der Waals surface area contributed by atoms with Crippen LogP contribution in [0, 0.1) is 5.92 Å². The van der Waals surface area contributed by atoms with Gasteiger partial charge in [0.15, 0.2) is 5.78 Å². The predicted octanol–water partition coefficient (Wildman–Crippen LogP) is 5.74. The molecule has 0 atom stereocenters. The van der Waals surface area contributed by atoms with E-state index < -0.39 is 0 Å². The third-order valence-corrected chi connectivity index (χ3v) is 5.77. The molecule has 1 aliphatic rings. The van der Waals surface area contributed by atoms with Gasteiger partial charge in [-0.15, -0.1) is 0 Å². The van der Waals surface area contributed by atoms with Crippen LogP contribution < -0.4 is 5.56 Å². The Hall–Kier alpha value is -2.68. The second-order valence-electron chi connectivity index (χ2n) is 7.58. The second-order valence-corrected chi connectivity index (χ2v) is 7.58. The van der Waals surface area contributed by atoms with E-state index in [4.69, 9.17) is 0 Å². The summed E-state index contributed by atoms with van der Waals surface area (Å²) in [5, 5.41) is 0.921. The van der Waals surface area contributed by atoms with Crippen LogP contribution in [0.1, 0.15) is 55.3 Å². The van der Waals surface area contributed by atoms with Crippen molar-refractivity contribution in [1.29, 1.82) is 0 Å². The van der Waals surface area contributed by atoms with Crippen LogP contribution in [0.3, 0.4) is 0 Å². The summed E-state index contributed by atoms with van der Waals surface area (Å²) in [5.74, 6) is 0.592. The molecule has 0 aliphatic heterocycles. The van der Waals surface area contributed by atoms with Gasteiger partial charge in [-0.05, 0) is 24.0 Å². The molecule has 138 valence electrons. The fourth-order valence-corrected chi connectivity index (χ4v) is 4.35. The Morgan fingerprint density at radius 3 is 2.41 bits per heavy atom. The maximum absolute atomic E-state index is 13.1. The lowest BCUT2D eigenvalue weighted by Gasteiger charge is -2.21. The van der Waals surface area contributed by atoms with Crippen molar-refractivity contribution in [3.05, 3.63) is 70.5 Å². The summed E-state index contributed by atoms with van der Waals surface area (Å²) in [6, 6.07) is 17.5. The standard InChI is InChI=1S/C24H25NO2/c26-21(16-15-17-9-3-1-4-10-17)23-22(18-11-5-2-6-12-18)19-13-7-8-14-20(19)25-24(23)27/h2,5-8,11-14,17H,1,3-4,9-10,15-16H2,(H,25,27). The van der Waals surface area contributed by atoms with Crippen LogP contribution >= 0.6 is 0 Å². The maximum Gasteiger partial charge on any atom is 0.259 e. The minimum Gasteiger partial charge on any atom is -0.321 e. The summed E-state index contributed by atoms with van der Waals surface area (Å²) in [6.45, 7) is 0. The largest absolute Gasteiger partial charge is 0.321 e. The smallest absolute Gasteiger partial charge is 0.259 e. The molecule has 1 heterocycles. The number of aromatic amines is 1. The molecule has 0 saturated heterocycles. The molecule has 3 nitrogen and oxygen atoms in total. The third kappa shape index (κ3) is 3.73. The van der Waals surface area contributed by atoms with E-state index in [1.807, 2.05) is 54.6 Å². The molecule has 1 aliphatic carbocycles. The summed E-state index contributed by atoms with van der Waals surface area (Å²) in [5.41, 5.74) is 2.49. The van der Waals surface area contributed by atoms with Crippen LogP contribution in [-0.2, 0) is 0 Å². The minimum atomic E-state index is -0.277. The van der Waals surface area contributed by atoms with Crippen LogP contribution in [-0.4, -0.2) is 10.8 Å². The van der Waals surface area contributed by atoms with Crippen molar-refractivity contribution in [3.63, 3.8) is 0 Å². The molecule has 1 saturated carbocycles. The predicted molar refractivity (Wildman–Crippen MR) is 110 cm³/mol. The lowest BCUT2D eigenvalue weighted by atomic mass is 9.84. The van der Waals surface area contributed by atoms with Crippen LogP contribution in [0.2, 0.25) is 0 Å². The zero-order valence-electron chi connectivity index (χ0n) is 15.5. The highest BCUT2D eigenvalue weighted by Crippen LogP contribution is 2.32. The number of hydrogen-bond donors (Lipinski definition) is 1. The Balaban J connectivity index is 1.76. The number of ketones is 1. The Labute approximate surface area is 159 Å². The number of pyridine rings is 1. The molecule has 0 unspecified atom stereocenters. The first-order valence-electron chi connectivity index (χ1n) is 9.97. The van der Waals surface area contributed by atoms with Crippen molar-refractivity contribution in [3.8, 4) is 11.1 Å². The number of rotatable bonds is 5. The first-order chi connectivity index (χ1) is 13.2. The monoisotopic (exact) mass is 359 g/mol. The molecule has 4 rings (SSSR count). The molecule has 27 heavy (non-hydrogen) atoms. The van der Waals surface area contributed by atoms with Gasteiger partial charge in [0.2, 0.25) is 0 Å². The highest BCUT2D eigenvalue weighted by Gasteiger charge is 2.22. The molecule has 1 fully saturated rings. The van der Waals surface area contributed by atoms with Gasteiger partial charge in [-0.3, -0.25) is 9.59 Å². The maximum atomic E-state index is 13.1. The zero-order chi connectivity index (χ0) is 18.6. The van der Waals surface area contributed by atoms with Crippen molar-refractivity contribution < 1.29 is 4.79 Å². The average Bonchev–Trinajstić information content (AvgIpc) is 2.72. The number of aromatic nitrogens is 1. The molecule has 0 bridgehead atoms. The van der Waals surface area contributed by atoms with Gasteiger partial charge in [0.05, 0.1) is 5.56 Å². The molecule has 3 heteroatoms. The number of hydrogen-bond acceptors (Lipinski definition) is 2. The van der Waals surface area contributed by atoms with Crippen molar-refractivity contribution in [1.82, 2.24) is 4.98 Å². The third-order valence-electron chi connectivity index (χ3n) is 5.77. The van der Waals surface area contributed by atoms with E-state index in [9.17, 15) is 9.59 Å². The van der Waals surface area contributed by atoms with Gasteiger partial charge in [-0.1, -0.05) is 80.6 Å². The fraction of sp³-hybridized carbons (Fsp3) is 0.333. The molecule has 2 aromatic carbocycles. The van der Waals surface area contributed by atoms with Gasteiger partial charge in [-0.25, -0.2) is 0 Å². The molecule has 1 N–H and O–H groups in total. The van der Waals surface area contributed by atoms with Gasteiger partial charge >= 0.3 is 0 Å². The quantitative estimate of drug-likeness (QED) is 0.591. The van der Waals surface area contributed by atoms with Crippen molar-refractivity contribution in [2.24, 2.45) is 5.92 Å². The van der Waals surface area contributed by atoms with Crippen LogP contribution in [0.5, 0.6) is 0 Å². The summed E-state index contributed by atoms with van der Waals surface area (Å²) >= 11 is 0. The van der Waals surface area contributed by atoms with E-state index in [0.29, 0.717) is 17.9 Å². The SMILES string of the molecule is O=C(CCC1CCCCC1)c1c(-c2ccccc2)c2ccccc2[nH]c1=O. The van der Waals surface area contributed by atoms with E-state index in [1.165, 1.54) is 32.1 Å². The van der Waals surface area contributed by atoms with E-state index in [-0.39, 0.29) is 11.3 Å². The summed E-state index contributed by atoms with van der Waals surface area (Å²) < 4.78 is 0. The number of H-pyrrole nitrogens is 1. The molecule has 1 aromatic heterocycles. The Morgan fingerprint density at radius 2 is 1.63 bits per heavy atom. The zero-order valence-corrected chi connectivity index (χ0v) is 15.5. The first kappa shape index (κ1) is 17.7. The minimum absolute atomic E-state index is 0.0357. The average molecular weight is 359 g/mol. The second kappa shape index (κ2) is 7.91. The Kier molecular flexibility index (Phi) is 5.19. The van der Waals surface area contributed by atoms with Crippen LogP contribution in [0.25, 0.3) is 22.0 Å². The highest BCUT2D eigenvalue weighted by atomic mass is 16.1. The number of para-hydroxylation sites is 1. The van der Waals surface area contributed by atoms with E-state index in [1.54, 1.807) is 0 Å². The summed E-state index contributed by atoms with van der Waals surface area (Å²) in [6.07, 6.45) is 7.62. The lowest BCUT2D eigenvalue weighted by Crippen LogP contribution is -2.20. The van der Waals surface area contributed by atoms with Gasteiger partial charge < -0.3 is 4.98 Å². The lowest BCUT2D eigenvalue weighted by molar-refractivity contribution is 0.0969. The fourth-order valence-electron chi connectivity index (χ4n) is 4.35. The van der Waals surface area contributed by atoms with Crippen molar-refractivity contribution in [2.45, 2.75) is 44.9 Å². The summed E-state index contributed by atoms with van der Waals surface area (Å²) in [7, 11) is 0. The number of nitrogens with one attached hydrogen (secondary N) is 1. The topological polar surface area (TPSA) is 49.9 Å². The van der Waals surface area contributed by atoms with E-state index >= 15 is 0 Å². The molecule has 3 aromatic rings. The molecule has 0 amide bonds. The highest BCUT2D eigenvalue weighted by molar-refractivity contribution is 6.09. The number of fused-ring (bicyclic) bond motifs is 1. The van der Waals surface area contributed by atoms with Crippen LogP contribution in [0.15, 0.2) is 59.4 Å². The van der Waals surface area contributed by atoms with Gasteiger partial charge in [0.1, 0.15) is 0 Å². The summed E-state index contributed by atoms with van der Waals surface area (Å²) in [4.78, 5) is 28.9. The van der Waals surface area contributed by atoms with Gasteiger partial charge in [0, 0.05) is 22.9 Å². The van der Waals surface area contributed by atoms with Gasteiger partial charge in [0.25, 0.3) is 5.56 Å². The number of Topliss-reactive ketones (excluding diaryl/α,β-unsaturated/α-hetero) is 1. The molecule has 0 radical (unpaired) electrons. The Bertz CT molecular complexity index is 998. The molecule has 0 spiro atoms. The Morgan fingerprint density at radius 1 is 0.926 bits per heavy atom. The van der Waals surface area contributed by atoms with Crippen LogP contribution in [0.4, 0.5) is 0 Å². The normalized spacial score (nSPS) is 15.1. The number of carbonyl (C=O) groups is 1. The number of carbonyl (C=O) groups excluding carboxylic acids is 1. The van der Waals surface area contributed by atoms with E-state index in [0.717, 1.165) is 28.5 Å². The van der Waals surface area contributed by atoms with Gasteiger partial charge in [-0.2, -0.15) is 0 Å². The number of benzene rings is 2. The van der Waals surface area contributed by atoms with Crippen molar-refractivity contribution >= 4 is 16.7 Å².